The van der Waals surface area contributed by atoms with Crippen molar-refractivity contribution in [3.05, 3.63) is 42.5 Å². The Labute approximate surface area is 102 Å². The zero-order valence-electron chi connectivity index (χ0n) is 10.1. The van der Waals surface area contributed by atoms with E-state index < -0.39 is 0 Å². The molecule has 2 atom stereocenters. The quantitative estimate of drug-likeness (QED) is 0.781. The van der Waals surface area contributed by atoms with E-state index in [9.17, 15) is 4.79 Å². The number of fused-ring (bicyclic) bond motifs is 1. The molecule has 3 heteroatoms. The normalized spacial score (nSPS) is 21.0. The lowest BCUT2D eigenvalue weighted by molar-refractivity contribution is -0.118. The van der Waals surface area contributed by atoms with Crippen LogP contribution >= 0.6 is 0 Å². The Morgan fingerprint density at radius 1 is 1.53 bits per heavy atom. The van der Waals surface area contributed by atoms with Crippen LogP contribution in [0.3, 0.4) is 0 Å². The van der Waals surface area contributed by atoms with E-state index in [4.69, 9.17) is 0 Å². The van der Waals surface area contributed by atoms with Crippen LogP contribution in [0, 0.1) is 0 Å². The maximum atomic E-state index is 12.0. The molecule has 0 aromatic heterocycles. The van der Waals surface area contributed by atoms with Crippen molar-refractivity contribution in [2.24, 2.45) is 0 Å². The van der Waals surface area contributed by atoms with E-state index >= 15 is 0 Å². The summed E-state index contributed by atoms with van der Waals surface area (Å²) >= 11 is 0. The van der Waals surface area contributed by atoms with Crippen molar-refractivity contribution < 1.29 is 4.79 Å². The standard InChI is InChI=1S/C14H18N2O/c1-3-10(2)15-13-9-8-11-6-4-5-7-12(11)16-14(13)17/h3-7,10,13,15H,1,8-9H2,2H3,(H,16,17). The van der Waals surface area contributed by atoms with Gasteiger partial charge in [-0.1, -0.05) is 24.3 Å². The molecule has 1 heterocycles. The van der Waals surface area contributed by atoms with Crippen LogP contribution in [-0.2, 0) is 11.2 Å². The van der Waals surface area contributed by atoms with Gasteiger partial charge in [-0.3, -0.25) is 10.1 Å². The molecule has 1 aliphatic rings. The fourth-order valence-electron chi connectivity index (χ4n) is 2.06. The molecule has 0 bridgehead atoms. The number of nitrogens with one attached hydrogen (secondary N) is 2. The highest BCUT2D eigenvalue weighted by Crippen LogP contribution is 2.21. The van der Waals surface area contributed by atoms with Gasteiger partial charge in [0.2, 0.25) is 5.91 Å². The molecule has 17 heavy (non-hydrogen) atoms. The van der Waals surface area contributed by atoms with E-state index in [0.29, 0.717) is 0 Å². The predicted molar refractivity (Wildman–Crippen MR) is 70.0 cm³/mol. The molecule has 2 rings (SSSR count). The third-order valence-electron chi connectivity index (χ3n) is 3.11. The molecular weight excluding hydrogens is 212 g/mol. The van der Waals surface area contributed by atoms with Crippen LogP contribution in [0.2, 0.25) is 0 Å². The van der Waals surface area contributed by atoms with Crippen molar-refractivity contribution >= 4 is 11.6 Å². The number of hydrogen-bond donors (Lipinski definition) is 2. The van der Waals surface area contributed by atoms with Crippen molar-refractivity contribution in [2.75, 3.05) is 5.32 Å². The summed E-state index contributed by atoms with van der Waals surface area (Å²) < 4.78 is 0. The number of hydrogen-bond acceptors (Lipinski definition) is 2. The smallest absolute Gasteiger partial charge is 0.241 e. The van der Waals surface area contributed by atoms with E-state index in [-0.39, 0.29) is 18.0 Å². The molecule has 2 unspecified atom stereocenters. The molecule has 0 fully saturated rings. The number of aryl methyl sites for hydroxylation is 1. The van der Waals surface area contributed by atoms with Gasteiger partial charge in [-0.25, -0.2) is 0 Å². The second-order valence-electron chi connectivity index (χ2n) is 4.43. The average molecular weight is 230 g/mol. The van der Waals surface area contributed by atoms with E-state index in [1.54, 1.807) is 0 Å². The number of anilines is 1. The molecule has 0 radical (unpaired) electrons. The molecule has 3 nitrogen and oxygen atoms in total. The molecule has 0 aliphatic carbocycles. The predicted octanol–water partition coefficient (Wildman–Crippen LogP) is 2.10. The number of para-hydroxylation sites is 1. The van der Waals surface area contributed by atoms with Gasteiger partial charge < -0.3 is 5.32 Å². The minimum Gasteiger partial charge on any atom is -0.324 e. The number of rotatable bonds is 3. The van der Waals surface area contributed by atoms with Gasteiger partial charge in [-0.15, -0.1) is 6.58 Å². The van der Waals surface area contributed by atoms with Crippen LogP contribution in [-0.4, -0.2) is 18.0 Å². The molecule has 1 aliphatic heterocycles. The van der Waals surface area contributed by atoms with Crippen molar-refractivity contribution in [1.29, 1.82) is 0 Å². The van der Waals surface area contributed by atoms with Gasteiger partial charge in [0.25, 0.3) is 0 Å². The summed E-state index contributed by atoms with van der Waals surface area (Å²) in [6.07, 6.45) is 3.54. The minimum atomic E-state index is -0.143. The number of benzene rings is 1. The molecule has 0 saturated carbocycles. The van der Waals surface area contributed by atoms with Crippen molar-refractivity contribution in [2.45, 2.75) is 31.8 Å². The van der Waals surface area contributed by atoms with Gasteiger partial charge in [-0.05, 0) is 31.4 Å². The van der Waals surface area contributed by atoms with Crippen LogP contribution in [0.1, 0.15) is 18.9 Å². The fourth-order valence-corrected chi connectivity index (χ4v) is 2.06. The lowest BCUT2D eigenvalue weighted by Gasteiger charge is -2.18. The van der Waals surface area contributed by atoms with Crippen molar-refractivity contribution in [3.8, 4) is 0 Å². The summed E-state index contributed by atoms with van der Waals surface area (Å²) in [5.74, 6) is 0.0450. The summed E-state index contributed by atoms with van der Waals surface area (Å²) in [5, 5.41) is 6.23. The van der Waals surface area contributed by atoms with E-state index in [1.165, 1.54) is 5.56 Å². The molecular formula is C14H18N2O. The molecule has 0 spiro atoms. The Hall–Kier alpha value is -1.61. The summed E-state index contributed by atoms with van der Waals surface area (Å²) in [6.45, 7) is 5.72. The fraction of sp³-hybridized carbons (Fsp3) is 0.357. The van der Waals surface area contributed by atoms with Gasteiger partial charge in [0.1, 0.15) is 0 Å². The van der Waals surface area contributed by atoms with Gasteiger partial charge >= 0.3 is 0 Å². The third-order valence-corrected chi connectivity index (χ3v) is 3.11. The summed E-state index contributed by atoms with van der Waals surface area (Å²) in [4.78, 5) is 12.0. The Kier molecular flexibility index (Phi) is 3.59. The zero-order valence-corrected chi connectivity index (χ0v) is 10.1. The van der Waals surface area contributed by atoms with Crippen LogP contribution in [0.15, 0.2) is 36.9 Å². The van der Waals surface area contributed by atoms with Crippen molar-refractivity contribution in [3.63, 3.8) is 0 Å². The minimum absolute atomic E-state index is 0.0450. The Bertz CT molecular complexity index is 428. The van der Waals surface area contributed by atoms with Gasteiger partial charge in [-0.2, -0.15) is 0 Å². The first-order chi connectivity index (χ1) is 8.20. The number of carbonyl (C=O) groups is 1. The summed E-state index contributed by atoms with van der Waals surface area (Å²) in [6, 6.07) is 7.97. The topological polar surface area (TPSA) is 41.1 Å². The van der Waals surface area contributed by atoms with Crippen LogP contribution in [0.4, 0.5) is 5.69 Å². The lowest BCUT2D eigenvalue weighted by Crippen LogP contribution is -2.43. The molecule has 1 aromatic carbocycles. The second-order valence-corrected chi connectivity index (χ2v) is 4.43. The van der Waals surface area contributed by atoms with Crippen LogP contribution in [0.5, 0.6) is 0 Å². The average Bonchev–Trinajstić information content (AvgIpc) is 2.49. The molecule has 1 amide bonds. The summed E-state index contributed by atoms with van der Waals surface area (Å²) in [5.41, 5.74) is 2.14. The van der Waals surface area contributed by atoms with Crippen LogP contribution < -0.4 is 10.6 Å². The van der Waals surface area contributed by atoms with Gasteiger partial charge in [0, 0.05) is 11.7 Å². The number of carbonyl (C=O) groups excluding carboxylic acids is 1. The summed E-state index contributed by atoms with van der Waals surface area (Å²) in [7, 11) is 0. The highest BCUT2D eigenvalue weighted by atomic mass is 16.2. The SMILES string of the molecule is C=CC(C)NC1CCc2ccccc2NC1=O. The largest absolute Gasteiger partial charge is 0.324 e. The zero-order chi connectivity index (χ0) is 12.3. The lowest BCUT2D eigenvalue weighted by atomic mass is 10.1. The monoisotopic (exact) mass is 230 g/mol. The van der Waals surface area contributed by atoms with Crippen LogP contribution in [0.25, 0.3) is 0 Å². The maximum absolute atomic E-state index is 12.0. The van der Waals surface area contributed by atoms with Crippen molar-refractivity contribution in [1.82, 2.24) is 5.32 Å². The Balaban J connectivity index is 2.12. The first-order valence-corrected chi connectivity index (χ1v) is 5.98. The van der Waals surface area contributed by atoms with Gasteiger partial charge in [0.15, 0.2) is 0 Å². The molecule has 2 N–H and O–H groups in total. The maximum Gasteiger partial charge on any atom is 0.241 e. The first kappa shape index (κ1) is 11.9. The Morgan fingerprint density at radius 2 is 2.29 bits per heavy atom. The van der Waals surface area contributed by atoms with E-state index in [1.807, 2.05) is 31.2 Å². The number of amides is 1. The van der Waals surface area contributed by atoms with Gasteiger partial charge in [0.05, 0.1) is 6.04 Å². The van der Waals surface area contributed by atoms with E-state index in [0.717, 1.165) is 18.5 Å². The molecule has 90 valence electrons. The Morgan fingerprint density at radius 3 is 3.06 bits per heavy atom. The first-order valence-electron chi connectivity index (χ1n) is 5.98. The highest BCUT2D eigenvalue weighted by Gasteiger charge is 2.23. The second kappa shape index (κ2) is 5.15. The molecule has 0 saturated heterocycles. The molecule has 1 aromatic rings. The highest BCUT2D eigenvalue weighted by molar-refractivity contribution is 5.96. The van der Waals surface area contributed by atoms with E-state index in [2.05, 4.69) is 23.3 Å². The third kappa shape index (κ3) is 2.74.